The van der Waals surface area contributed by atoms with Gasteiger partial charge in [0.2, 0.25) is 0 Å². The Morgan fingerprint density at radius 3 is 2.47 bits per heavy atom. The van der Waals surface area contributed by atoms with E-state index in [1.54, 1.807) is 6.07 Å². The molecule has 0 amide bonds. The van der Waals surface area contributed by atoms with Gasteiger partial charge in [-0.25, -0.2) is 0 Å². The van der Waals surface area contributed by atoms with E-state index in [-0.39, 0.29) is 6.04 Å². The summed E-state index contributed by atoms with van der Waals surface area (Å²) >= 11 is 7.04. The Morgan fingerprint density at radius 1 is 1.11 bits per heavy atom. The third kappa shape index (κ3) is 3.37. The van der Waals surface area contributed by atoms with E-state index in [0.29, 0.717) is 5.56 Å². The van der Waals surface area contributed by atoms with Gasteiger partial charge in [-0.1, -0.05) is 34.1 Å². The summed E-state index contributed by atoms with van der Waals surface area (Å²) in [6, 6.07) is 16.0. The van der Waals surface area contributed by atoms with Gasteiger partial charge in [0.05, 0.1) is 11.6 Å². The van der Waals surface area contributed by atoms with Crippen LogP contribution >= 0.6 is 31.9 Å². The highest BCUT2D eigenvalue weighted by Gasteiger charge is 2.10. The van der Waals surface area contributed by atoms with Crippen molar-refractivity contribution >= 4 is 37.5 Å². The van der Waals surface area contributed by atoms with Crippen molar-refractivity contribution < 1.29 is 0 Å². The number of nitriles is 1. The van der Waals surface area contributed by atoms with Gasteiger partial charge >= 0.3 is 0 Å². The van der Waals surface area contributed by atoms with E-state index in [9.17, 15) is 0 Å². The van der Waals surface area contributed by atoms with Crippen molar-refractivity contribution in [2.24, 2.45) is 0 Å². The summed E-state index contributed by atoms with van der Waals surface area (Å²) in [7, 11) is 0. The largest absolute Gasteiger partial charge is 0.378 e. The average molecular weight is 380 g/mol. The quantitative estimate of drug-likeness (QED) is 0.789. The van der Waals surface area contributed by atoms with Crippen LogP contribution in [0.3, 0.4) is 0 Å². The molecule has 0 saturated heterocycles. The van der Waals surface area contributed by atoms with Gasteiger partial charge in [0, 0.05) is 20.7 Å². The number of hydrogen-bond donors (Lipinski definition) is 1. The number of rotatable bonds is 3. The third-order valence-corrected chi connectivity index (χ3v) is 4.22. The van der Waals surface area contributed by atoms with E-state index in [1.807, 2.05) is 30.3 Å². The minimum atomic E-state index is 0.166. The van der Waals surface area contributed by atoms with Crippen LogP contribution in [0.25, 0.3) is 0 Å². The number of nitrogens with one attached hydrogen (secondary N) is 1. The molecule has 19 heavy (non-hydrogen) atoms. The highest BCUT2D eigenvalue weighted by molar-refractivity contribution is 9.11. The molecule has 96 valence electrons. The van der Waals surface area contributed by atoms with Crippen LogP contribution < -0.4 is 5.32 Å². The first kappa shape index (κ1) is 14.1. The van der Waals surface area contributed by atoms with Crippen LogP contribution in [-0.4, -0.2) is 0 Å². The zero-order valence-electron chi connectivity index (χ0n) is 10.3. The van der Waals surface area contributed by atoms with Gasteiger partial charge in [0.1, 0.15) is 0 Å². The first-order valence-corrected chi connectivity index (χ1v) is 7.41. The van der Waals surface area contributed by atoms with Crippen molar-refractivity contribution in [3.8, 4) is 6.07 Å². The second-order valence-electron chi connectivity index (χ2n) is 4.19. The van der Waals surface area contributed by atoms with Crippen molar-refractivity contribution in [2.75, 3.05) is 5.32 Å². The third-order valence-electron chi connectivity index (χ3n) is 2.84. The molecule has 0 heterocycles. The Balaban J connectivity index is 2.22. The van der Waals surface area contributed by atoms with Crippen molar-refractivity contribution in [2.45, 2.75) is 13.0 Å². The smallest absolute Gasteiger partial charge is 0.0992 e. The van der Waals surface area contributed by atoms with Crippen LogP contribution in [0, 0.1) is 11.3 Å². The maximum Gasteiger partial charge on any atom is 0.0992 e. The van der Waals surface area contributed by atoms with E-state index in [2.05, 4.69) is 56.2 Å². The number of halogens is 2. The van der Waals surface area contributed by atoms with Gasteiger partial charge < -0.3 is 5.32 Å². The normalized spacial score (nSPS) is 11.7. The van der Waals surface area contributed by atoms with Gasteiger partial charge in [0.15, 0.2) is 0 Å². The summed E-state index contributed by atoms with van der Waals surface area (Å²) in [6.07, 6.45) is 0. The van der Waals surface area contributed by atoms with E-state index >= 15 is 0 Å². The van der Waals surface area contributed by atoms with Crippen molar-refractivity contribution in [1.82, 2.24) is 0 Å². The van der Waals surface area contributed by atoms with Crippen molar-refractivity contribution in [3.05, 3.63) is 62.5 Å². The first-order chi connectivity index (χ1) is 9.11. The molecule has 0 aliphatic heterocycles. The first-order valence-electron chi connectivity index (χ1n) is 5.82. The predicted molar refractivity (Wildman–Crippen MR) is 85.0 cm³/mol. The Labute approximate surface area is 129 Å². The lowest BCUT2D eigenvalue weighted by atomic mass is 10.1. The molecule has 2 aromatic rings. The summed E-state index contributed by atoms with van der Waals surface area (Å²) in [6.45, 7) is 2.10. The molecule has 2 nitrogen and oxygen atoms in total. The molecule has 0 spiro atoms. The highest BCUT2D eigenvalue weighted by Crippen LogP contribution is 2.30. The van der Waals surface area contributed by atoms with E-state index in [0.717, 1.165) is 14.6 Å². The summed E-state index contributed by atoms with van der Waals surface area (Å²) < 4.78 is 1.98. The maximum atomic E-state index is 8.85. The lowest BCUT2D eigenvalue weighted by molar-refractivity contribution is 0.877. The van der Waals surface area contributed by atoms with Gasteiger partial charge in [-0.3, -0.25) is 0 Å². The molecule has 1 atom stereocenters. The number of nitrogens with zero attached hydrogens (tertiary/aromatic N) is 1. The predicted octanol–water partition coefficient (Wildman–Crippen LogP) is 5.26. The average Bonchev–Trinajstić information content (AvgIpc) is 2.41. The lowest BCUT2D eigenvalue weighted by Gasteiger charge is -2.18. The molecule has 0 aromatic heterocycles. The molecule has 1 N–H and O–H groups in total. The Kier molecular flexibility index (Phi) is 4.62. The van der Waals surface area contributed by atoms with Crippen molar-refractivity contribution in [3.63, 3.8) is 0 Å². The Bertz CT molecular complexity index is 632. The molecule has 0 radical (unpaired) electrons. The van der Waals surface area contributed by atoms with Gasteiger partial charge in [-0.15, -0.1) is 0 Å². The number of benzene rings is 2. The highest BCUT2D eigenvalue weighted by atomic mass is 79.9. The Morgan fingerprint density at radius 2 is 1.84 bits per heavy atom. The van der Waals surface area contributed by atoms with Crippen molar-refractivity contribution in [1.29, 1.82) is 5.26 Å². The number of hydrogen-bond acceptors (Lipinski definition) is 2. The fourth-order valence-corrected chi connectivity index (χ4v) is 2.96. The summed E-state index contributed by atoms with van der Waals surface area (Å²) in [5.41, 5.74) is 2.81. The van der Waals surface area contributed by atoms with Crippen LogP contribution in [0.2, 0.25) is 0 Å². The zero-order valence-corrected chi connectivity index (χ0v) is 13.5. The molecular formula is C15H12Br2N2. The maximum absolute atomic E-state index is 8.85. The second-order valence-corrected chi connectivity index (χ2v) is 5.90. The summed E-state index contributed by atoms with van der Waals surface area (Å²) in [4.78, 5) is 0. The minimum Gasteiger partial charge on any atom is -0.378 e. The zero-order chi connectivity index (χ0) is 13.8. The number of anilines is 1. The van der Waals surface area contributed by atoms with Gasteiger partial charge in [0.25, 0.3) is 0 Å². The molecule has 2 aromatic carbocycles. The molecule has 2 rings (SSSR count). The van der Waals surface area contributed by atoms with Gasteiger partial charge in [-0.2, -0.15) is 5.26 Å². The molecule has 0 aliphatic rings. The minimum absolute atomic E-state index is 0.166. The fraction of sp³-hybridized carbons (Fsp3) is 0.133. The summed E-state index contributed by atoms with van der Waals surface area (Å²) in [5.74, 6) is 0. The molecular weight excluding hydrogens is 368 g/mol. The van der Waals surface area contributed by atoms with E-state index in [1.165, 1.54) is 5.56 Å². The van der Waals surface area contributed by atoms with Gasteiger partial charge in [-0.05, 0) is 52.7 Å². The summed E-state index contributed by atoms with van der Waals surface area (Å²) in [5, 5.41) is 12.3. The Hall–Kier alpha value is -1.31. The molecule has 4 heteroatoms. The van der Waals surface area contributed by atoms with Crippen LogP contribution in [-0.2, 0) is 0 Å². The van der Waals surface area contributed by atoms with Crippen LogP contribution in [0.5, 0.6) is 0 Å². The SMILES string of the molecule is CC(Nc1ccc(C#N)cc1Br)c1ccccc1Br. The van der Waals surface area contributed by atoms with Crippen LogP contribution in [0.1, 0.15) is 24.1 Å². The molecule has 0 bridgehead atoms. The van der Waals surface area contributed by atoms with E-state index < -0.39 is 0 Å². The fourth-order valence-electron chi connectivity index (χ4n) is 1.84. The molecule has 0 aliphatic carbocycles. The molecule has 0 fully saturated rings. The lowest BCUT2D eigenvalue weighted by Crippen LogP contribution is -2.07. The van der Waals surface area contributed by atoms with E-state index in [4.69, 9.17) is 5.26 Å². The molecule has 0 saturated carbocycles. The van der Waals surface area contributed by atoms with Crippen LogP contribution in [0.4, 0.5) is 5.69 Å². The monoisotopic (exact) mass is 378 g/mol. The standard InChI is InChI=1S/C15H12Br2N2/c1-10(12-4-2-3-5-13(12)16)19-15-7-6-11(9-18)8-14(15)17/h2-8,10,19H,1H3. The van der Waals surface area contributed by atoms with Crippen LogP contribution in [0.15, 0.2) is 51.4 Å². The topological polar surface area (TPSA) is 35.8 Å². The second kappa shape index (κ2) is 6.23. The molecule has 1 unspecified atom stereocenters.